The summed E-state index contributed by atoms with van der Waals surface area (Å²) in [5.74, 6) is -1.00. The summed E-state index contributed by atoms with van der Waals surface area (Å²) in [5.41, 5.74) is 2.00. The molecule has 3 aliphatic heterocycles. The van der Waals surface area contributed by atoms with E-state index in [4.69, 9.17) is 4.74 Å². The standard InChI is InChI=1S/C20H24N4O5/c1-12-11-29-8-7-23(12)18(26)9-21-15-4-2-3-13-14(15)10-24(20(13)28)16-5-6-17(25)22-19(16)27/h2-4,12,16,21H,5-11H2,1H3,(H,22,25,27). The Balaban J connectivity index is 1.46. The molecule has 9 nitrogen and oxygen atoms in total. The van der Waals surface area contributed by atoms with Crippen molar-refractivity contribution < 1.29 is 23.9 Å². The Morgan fingerprint density at radius 3 is 2.90 bits per heavy atom. The molecule has 2 saturated heterocycles. The van der Waals surface area contributed by atoms with Gasteiger partial charge >= 0.3 is 0 Å². The fraction of sp³-hybridized carbons (Fsp3) is 0.500. The Morgan fingerprint density at radius 1 is 1.31 bits per heavy atom. The second-order valence-electron chi connectivity index (χ2n) is 7.60. The summed E-state index contributed by atoms with van der Waals surface area (Å²) in [6.45, 7) is 3.97. The third-order valence-corrected chi connectivity index (χ3v) is 5.70. The van der Waals surface area contributed by atoms with Crippen molar-refractivity contribution in [3.63, 3.8) is 0 Å². The first kappa shape index (κ1) is 19.4. The van der Waals surface area contributed by atoms with Crippen molar-refractivity contribution in [2.24, 2.45) is 0 Å². The molecule has 0 bridgehead atoms. The highest BCUT2D eigenvalue weighted by atomic mass is 16.5. The van der Waals surface area contributed by atoms with Gasteiger partial charge in [-0.25, -0.2) is 0 Å². The van der Waals surface area contributed by atoms with Crippen LogP contribution in [-0.4, -0.2) is 71.8 Å². The molecule has 4 rings (SSSR count). The van der Waals surface area contributed by atoms with Crippen molar-refractivity contribution in [1.82, 2.24) is 15.1 Å². The van der Waals surface area contributed by atoms with E-state index in [1.165, 1.54) is 4.90 Å². The summed E-state index contributed by atoms with van der Waals surface area (Å²) >= 11 is 0. The molecule has 3 heterocycles. The Morgan fingerprint density at radius 2 is 2.14 bits per heavy atom. The van der Waals surface area contributed by atoms with Crippen LogP contribution in [0.4, 0.5) is 5.69 Å². The number of hydrogen-bond acceptors (Lipinski definition) is 6. The fourth-order valence-electron chi connectivity index (χ4n) is 4.12. The zero-order chi connectivity index (χ0) is 20.5. The van der Waals surface area contributed by atoms with Crippen molar-refractivity contribution in [3.8, 4) is 0 Å². The number of anilines is 1. The zero-order valence-corrected chi connectivity index (χ0v) is 16.3. The molecule has 1 aromatic carbocycles. The lowest BCUT2D eigenvalue weighted by Crippen LogP contribution is -2.52. The van der Waals surface area contributed by atoms with Crippen LogP contribution < -0.4 is 10.6 Å². The molecule has 9 heteroatoms. The highest BCUT2D eigenvalue weighted by molar-refractivity contribution is 6.06. The Hall–Kier alpha value is -2.94. The topological polar surface area (TPSA) is 108 Å². The van der Waals surface area contributed by atoms with Crippen LogP contribution in [0.25, 0.3) is 0 Å². The molecule has 0 aromatic heterocycles. The van der Waals surface area contributed by atoms with Crippen LogP contribution in [0.1, 0.15) is 35.7 Å². The van der Waals surface area contributed by atoms with Crippen LogP contribution in [0, 0.1) is 0 Å². The van der Waals surface area contributed by atoms with Crippen LogP contribution in [0.15, 0.2) is 18.2 Å². The van der Waals surface area contributed by atoms with Gasteiger partial charge in [-0.2, -0.15) is 0 Å². The number of ether oxygens (including phenoxy) is 1. The maximum atomic E-state index is 12.8. The minimum Gasteiger partial charge on any atom is -0.377 e. The van der Waals surface area contributed by atoms with Gasteiger partial charge in [0.15, 0.2) is 0 Å². The minimum atomic E-state index is -0.656. The molecular weight excluding hydrogens is 376 g/mol. The zero-order valence-electron chi connectivity index (χ0n) is 16.3. The highest BCUT2D eigenvalue weighted by Gasteiger charge is 2.39. The van der Waals surface area contributed by atoms with E-state index in [-0.39, 0.29) is 43.3 Å². The summed E-state index contributed by atoms with van der Waals surface area (Å²) in [7, 11) is 0. The molecule has 0 saturated carbocycles. The van der Waals surface area contributed by atoms with E-state index in [2.05, 4.69) is 10.6 Å². The van der Waals surface area contributed by atoms with Crippen LogP contribution in [0.3, 0.4) is 0 Å². The average molecular weight is 400 g/mol. The number of nitrogens with one attached hydrogen (secondary N) is 2. The second kappa shape index (κ2) is 7.82. The van der Waals surface area contributed by atoms with Crippen molar-refractivity contribution in [3.05, 3.63) is 29.3 Å². The van der Waals surface area contributed by atoms with Crippen molar-refractivity contribution in [2.75, 3.05) is 31.6 Å². The monoisotopic (exact) mass is 400 g/mol. The number of rotatable bonds is 4. The number of piperidine rings is 1. The highest BCUT2D eigenvalue weighted by Crippen LogP contribution is 2.32. The van der Waals surface area contributed by atoms with Gasteiger partial charge in [-0.15, -0.1) is 0 Å². The van der Waals surface area contributed by atoms with Crippen LogP contribution in [0.5, 0.6) is 0 Å². The maximum absolute atomic E-state index is 12.8. The molecule has 154 valence electrons. The third-order valence-electron chi connectivity index (χ3n) is 5.70. The molecule has 3 aliphatic rings. The number of carbonyl (C=O) groups excluding carboxylic acids is 4. The number of benzene rings is 1. The number of morpholine rings is 1. The van der Waals surface area contributed by atoms with Gasteiger partial charge in [-0.05, 0) is 25.5 Å². The molecule has 2 unspecified atom stereocenters. The predicted molar refractivity (Wildman–Crippen MR) is 103 cm³/mol. The Kier molecular flexibility index (Phi) is 5.23. The van der Waals surface area contributed by atoms with Gasteiger partial charge in [-0.3, -0.25) is 24.5 Å². The van der Waals surface area contributed by atoms with E-state index in [0.717, 1.165) is 5.56 Å². The lowest BCUT2D eigenvalue weighted by molar-refractivity contribution is -0.138. The quantitative estimate of drug-likeness (QED) is 0.695. The molecule has 2 fully saturated rings. The largest absolute Gasteiger partial charge is 0.377 e. The van der Waals surface area contributed by atoms with Gasteiger partial charge in [0.05, 0.1) is 25.8 Å². The summed E-state index contributed by atoms with van der Waals surface area (Å²) in [6.07, 6.45) is 0.536. The van der Waals surface area contributed by atoms with Crippen LogP contribution in [0.2, 0.25) is 0 Å². The Bertz CT molecular complexity index is 870. The molecule has 0 aliphatic carbocycles. The van der Waals surface area contributed by atoms with E-state index in [9.17, 15) is 19.2 Å². The molecule has 4 amide bonds. The number of fused-ring (bicyclic) bond motifs is 1. The maximum Gasteiger partial charge on any atom is 0.255 e. The third kappa shape index (κ3) is 3.69. The Labute approximate surface area is 168 Å². The lowest BCUT2D eigenvalue weighted by Gasteiger charge is -2.33. The molecule has 29 heavy (non-hydrogen) atoms. The first-order valence-corrected chi connectivity index (χ1v) is 9.83. The molecule has 0 spiro atoms. The van der Waals surface area contributed by atoms with E-state index >= 15 is 0 Å². The normalized spacial score (nSPS) is 24.4. The first-order valence-electron chi connectivity index (χ1n) is 9.83. The molecule has 2 atom stereocenters. The minimum absolute atomic E-state index is 0.0234. The molecular formula is C20H24N4O5. The molecule has 1 aromatic rings. The van der Waals surface area contributed by atoms with Crippen LogP contribution in [-0.2, 0) is 25.7 Å². The van der Waals surface area contributed by atoms with E-state index in [1.54, 1.807) is 17.0 Å². The van der Waals surface area contributed by atoms with Crippen molar-refractivity contribution in [1.29, 1.82) is 0 Å². The lowest BCUT2D eigenvalue weighted by atomic mass is 10.0. The van der Waals surface area contributed by atoms with Gasteiger partial charge in [0.2, 0.25) is 17.7 Å². The predicted octanol–water partition coefficient (Wildman–Crippen LogP) is 0.107. The number of carbonyl (C=O) groups is 4. The average Bonchev–Trinajstić information content (AvgIpc) is 3.04. The van der Waals surface area contributed by atoms with Gasteiger partial charge in [0, 0.05) is 36.3 Å². The van der Waals surface area contributed by atoms with E-state index in [0.29, 0.717) is 37.4 Å². The van der Waals surface area contributed by atoms with Gasteiger partial charge < -0.3 is 19.9 Å². The van der Waals surface area contributed by atoms with E-state index < -0.39 is 11.9 Å². The number of imide groups is 1. The molecule has 2 N–H and O–H groups in total. The summed E-state index contributed by atoms with van der Waals surface area (Å²) in [4.78, 5) is 52.3. The first-order chi connectivity index (χ1) is 14.0. The summed E-state index contributed by atoms with van der Waals surface area (Å²) in [6, 6.07) is 4.69. The van der Waals surface area contributed by atoms with Crippen molar-refractivity contribution in [2.45, 2.75) is 38.4 Å². The number of amides is 4. The second-order valence-corrected chi connectivity index (χ2v) is 7.60. The molecule has 0 radical (unpaired) electrons. The van der Waals surface area contributed by atoms with Gasteiger partial charge in [0.25, 0.3) is 5.91 Å². The van der Waals surface area contributed by atoms with Crippen molar-refractivity contribution >= 4 is 29.3 Å². The summed E-state index contributed by atoms with van der Waals surface area (Å²) < 4.78 is 5.37. The number of nitrogens with zero attached hydrogens (tertiary/aromatic N) is 2. The number of hydrogen-bond donors (Lipinski definition) is 2. The summed E-state index contributed by atoms with van der Waals surface area (Å²) in [5, 5.41) is 5.46. The fourth-order valence-corrected chi connectivity index (χ4v) is 4.12. The van der Waals surface area contributed by atoms with Crippen LogP contribution >= 0.6 is 0 Å². The van der Waals surface area contributed by atoms with Gasteiger partial charge in [-0.1, -0.05) is 6.07 Å². The SMILES string of the molecule is CC1COCCN1C(=O)CNc1cccc2c1CN(C1CCC(=O)NC1=O)C2=O. The van der Waals surface area contributed by atoms with Gasteiger partial charge in [0.1, 0.15) is 6.04 Å². The smallest absolute Gasteiger partial charge is 0.255 e. The van der Waals surface area contributed by atoms with E-state index in [1.807, 2.05) is 13.0 Å².